The first kappa shape index (κ1) is 8.68. The van der Waals surface area contributed by atoms with Crippen molar-refractivity contribution in [2.75, 3.05) is 0 Å². The zero-order valence-electron chi connectivity index (χ0n) is 5.63. The van der Waals surface area contributed by atoms with Gasteiger partial charge in [0.2, 0.25) is 9.76 Å². The highest BCUT2D eigenvalue weighted by molar-refractivity contribution is 6.26. The van der Waals surface area contributed by atoms with Gasteiger partial charge in [-0.2, -0.15) is 0 Å². The Morgan fingerprint density at radius 2 is 2.44 bits per heavy atom. The Kier molecular flexibility index (Phi) is 7.40. The minimum atomic E-state index is -0.504. The van der Waals surface area contributed by atoms with E-state index in [9.17, 15) is 0 Å². The Morgan fingerprint density at radius 1 is 1.67 bits per heavy atom. The molecule has 0 aromatic heterocycles. The maximum absolute atomic E-state index is 4.66. The van der Waals surface area contributed by atoms with Crippen LogP contribution < -0.4 is 0 Å². The van der Waals surface area contributed by atoms with Crippen molar-refractivity contribution < 1.29 is 14.5 Å². The first-order valence-corrected chi connectivity index (χ1v) is 4.55. The van der Waals surface area contributed by atoms with Gasteiger partial charge >= 0.3 is 0 Å². The lowest BCUT2D eigenvalue weighted by atomic mass is 10.6. The molecule has 0 fully saturated rings. The highest BCUT2D eigenvalue weighted by Gasteiger charge is 1.86. The summed E-state index contributed by atoms with van der Waals surface area (Å²) in [6, 6.07) is 1.11. The largest absolute Gasteiger partial charge is 0.318 e. The van der Waals surface area contributed by atoms with E-state index >= 15 is 0 Å². The van der Waals surface area contributed by atoms with E-state index in [0.29, 0.717) is 0 Å². The maximum atomic E-state index is 4.66. The summed E-state index contributed by atoms with van der Waals surface area (Å²) in [6.07, 6.45) is 2.32. The third kappa shape index (κ3) is 7.68. The van der Waals surface area contributed by atoms with E-state index in [-0.39, 0.29) is 0 Å². The summed E-state index contributed by atoms with van der Waals surface area (Å²) in [5, 5.41) is 4.23. The molecule has 0 N–H and O–H groups in total. The lowest BCUT2D eigenvalue weighted by Gasteiger charge is -1.97. The van der Waals surface area contributed by atoms with Crippen molar-refractivity contribution in [3.63, 3.8) is 0 Å². The molecule has 0 saturated heterocycles. The average Bonchev–Trinajstić information content (AvgIpc) is 1.89. The second-order valence-electron chi connectivity index (χ2n) is 1.51. The zero-order chi connectivity index (χ0) is 6.95. The highest BCUT2D eigenvalue weighted by Crippen LogP contribution is 1.87. The molecule has 0 aliphatic carbocycles. The molecule has 0 bridgehead atoms. The summed E-state index contributed by atoms with van der Waals surface area (Å²) in [4.78, 5) is 4.26. The Bertz CT molecular complexity index is 67.2. The lowest BCUT2D eigenvalue weighted by molar-refractivity contribution is -0.442. The Balaban J connectivity index is 2.66. The average molecular weight is 148 g/mol. The fourth-order valence-corrected chi connectivity index (χ4v) is 0.823. The molecule has 0 atom stereocenters. The quantitative estimate of drug-likeness (QED) is 0.184. The van der Waals surface area contributed by atoms with Crippen molar-refractivity contribution in [3.8, 4) is 0 Å². The molecule has 54 valence electrons. The minimum Gasteiger partial charge on any atom is -0.318 e. The van der Waals surface area contributed by atoms with Crippen LogP contribution in [0.5, 0.6) is 0 Å². The molecule has 0 aromatic rings. The Hall–Kier alpha value is -0.323. The molecule has 4 heteroatoms. The van der Waals surface area contributed by atoms with Gasteiger partial charge < -0.3 is 4.89 Å². The first-order valence-electron chi connectivity index (χ1n) is 2.97. The SMILES string of the molecule is C=COOO[SiH2]CCC. The summed E-state index contributed by atoms with van der Waals surface area (Å²) in [5.41, 5.74) is 0. The Morgan fingerprint density at radius 3 is 3.00 bits per heavy atom. The van der Waals surface area contributed by atoms with Crippen LogP contribution in [0.3, 0.4) is 0 Å². The second kappa shape index (κ2) is 7.68. The molecular weight excluding hydrogens is 136 g/mol. The zero-order valence-corrected chi connectivity index (χ0v) is 7.04. The van der Waals surface area contributed by atoms with Gasteiger partial charge in [0.25, 0.3) is 0 Å². The summed E-state index contributed by atoms with van der Waals surface area (Å²) in [7, 11) is -0.504. The van der Waals surface area contributed by atoms with E-state index in [4.69, 9.17) is 0 Å². The monoisotopic (exact) mass is 148 g/mol. The van der Waals surface area contributed by atoms with Gasteiger partial charge in [-0.3, -0.25) is 4.58 Å². The smallest absolute Gasteiger partial charge is 0.214 e. The van der Waals surface area contributed by atoms with Crippen molar-refractivity contribution >= 4 is 9.76 Å². The summed E-state index contributed by atoms with van der Waals surface area (Å²) < 4.78 is 4.66. The molecule has 3 nitrogen and oxygen atoms in total. The van der Waals surface area contributed by atoms with Gasteiger partial charge in [0.15, 0.2) is 0 Å². The second-order valence-corrected chi connectivity index (χ2v) is 2.86. The predicted octanol–water partition coefficient (Wildman–Crippen LogP) is 0.922. The van der Waals surface area contributed by atoms with E-state index in [1.54, 1.807) is 0 Å². The van der Waals surface area contributed by atoms with Crippen LogP contribution in [0.25, 0.3) is 0 Å². The first-order chi connectivity index (χ1) is 4.41. The van der Waals surface area contributed by atoms with Gasteiger partial charge in [0, 0.05) is 0 Å². The van der Waals surface area contributed by atoms with Gasteiger partial charge in [0.1, 0.15) is 6.26 Å². The van der Waals surface area contributed by atoms with Gasteiger partial charge in [0.05, 0.1) is 0 Å². The van der Waals surface area contributed by atoms with Crippen LogP contribution in [0.1, 0.15) is 13.3 Å². The fraction of sp³-hybridized carbons (Fsp3) is 0.600. The van der Waals surface area contributed by atoms with Gasteiger partial charge in [-0.1, -0.05) is 19.9 Å². The molecule has 0 heterocycles. The van der Waals surface area contributed by atoms with Crippen molar-refractivity contribution in [1.29, 1.82) is 0 Å². The molecule has 0 aliphatic heterocycles. The van der Waals surface area contributed by atoms with Crippen molar-refractivity contribution in [3.05, 3.63) is 12.8 Å². The van der Waals surface area contributed by atoms with Crippen molar-refractivity contribution in [1.82, 2.24) is 0 Å². The van der Waals surface area contributed by atoms with E-state index in [2.05, 4.69) is 28.0 Å². The van der Waals surface area contributed by atoms with Crippen LogP contribution in [0.2, 0.25) is 6.04 Å². The molecule has 0 amide bonds. The number of hydrogen-bond donors (Lipinski definition) is 0. The molecule has 0 unspecified atom stereocenters. The topological polar surface area (TPSA) is 27.7 Å². The van der Waals surface area contributed by atoms with Crippen molar-refractivity contribution in [2.45, 2.75) is 19.4 Å². The summed E-state index contributed by atoms with van der Waals surface area (Å²) in [6.45, 7) is 5.37. The van der Waals surface area contributed by atoms with Gasteiger partial charge in [-0.15, -0.1) is 0 Å². The standard InChI is InChI=1S/C5H12O3Si/c1-3-5-9-8-7-6-4-2/h4H,2-3,5,9H2,1H3. The fourth-order valence-electron chi connectivity index (χ4n) is 0.293. The molecule has 0 spiro atoms. The van der Waals surface area contributed by atoms with Crippen LogP contribution in [-0.2, 0) is 14.5 Å². The van der Waals surface area contributed by atoms with E-state index < -0.39 is 9.76 Å². The van der Waals surface area contributed by atoms with Crippen LogP contribution in [-0.4, -0.2) is 9.76 Å². The maximum Gasteiger partial charge on any atom is 0.214 e. The van der Waals surface area contributed by atoms with E-state index in [1.807, 2.05) is 0 Å². The molecule has 9 heavy (non-hydrogen) atoms. The van der Waals surface area contributed by atoms with E-state index in [0.717, 1.165) is 12.5 Å². The van der Waals surface area contributed by atoms with Gasteiger partial charge in [-0.05, 0) is 11.1 Å². The molecule has 0 radical (unpaired) electrons. The molecular formula is C5H12O3Si. The summed E-state index contributed by atoms with van der Waals surface area (Å²) in [5.74, 6) is 0. The van der Waals surface area contributed by atoms with Crippen LogP contribution in [0.15, 0.2) is 12.8 Å². The molecule has 0 aliphatic rings. The third-order valence-corrected chi connectivity index (χ3v) is 2.00. The van der Waals surface area contributed by atoms with Crippen molar-refractivity contribution in [2.24, 2.45) is 0 Å². The van der Waals surface area contributed by atoms with E-state index in [1.165, 1.54) is 6.26 Å². The molecule has 0 saturated carbocycles. The lowest BCUT2D eigenvalue weighted by Crippen LogP contribution is -1.97. The highest BCUT2D eigenvalue weighted by atomic mass is 28.2. The molecule has 0 aromatic carbocycles. The van der Waals surface area contributed by atoms with Crippen LogP contribution >= 0.6 is 0 Å². The van der Waals surface area contributed by atoms with Gasteiger partial charge in [-0.25, -0.2) is 0 Å². The predicted molar refractivity (Wildman–Crippen MR) is 37.1 cm³/mol. The number of rotatable bonds is 6. The number of hydrogen-bond acceptors (Lipinski definition) is 3. The van der Waals surface area contributed by atoms with Crippen LogP contribution in [0.4, 0.5) is 0 Å². The Labute approximate surface area is 57.4 Å². The third-order valence-electron chi connectivity index (χ3n) is 0.737. The normalized spacial score (nSPS) is 10.3. The van der Waals surface area contributed by atoms with Crippen LogP contribution in [0, 0.1) is 0 Å². The molecule has 0 rings (SSSR count). The summed E-state index contributed by atoms with van der Waals surface area (Å²) >= 11 is 0. The minimum absolute atomic E-state index is 0.504.